The van der Waals surface area contributed by atoms with Crippen molar-refractivity contribution in [1.82, 2.24) is 14.9 Å². The average Bonchev–Trinajstić information content (AvgIpc) is 2.87. The van der Waals surface area contributed by atoms with Crippen molar-refractivity contribution < 1.29 is 9.84 Å². The molecule has 1 N–H and O–H groups in total. The van der Waals surface area contributed by atoms with Crippen molar-refractivity contribution >= 4 is 39.0 Å². The third-order valence-corrected chi connectivity index (χ3v) is 5.04. The Hall–Kier alpha value is -0.990. The summed E-state index contributed by atoms with van der Waals surface area (Å²) in [5, 5.41) is 10.2. The molecule has 3 rings (SSSR count). The quantitative estimate of drug-likeness (QED) is 0.815. The number of hydrogen-bond acceptors (Lipinski definition) is 7. The van der Waals surface area contributed by atoms with Crippen LogP contribution in [0, 0.1) is 0 Å². The Labute approximate surface area is 151 Å². The lowest BCUT2D eigenvalue weighted by Crippen LogP contribution is -2.36. The highest BCUT2D eigenvalue weighted by Gasteiger charge is 2.20. The minimum absolute atomic E-state index is 0.276. The van der Waals surface area contributed by atoms with Crippen molar-refractivity contribution in [1.29, 1.82) is 0 Å². The van der Waals surface area contributed by atoms with Crippen molar-refractivity contribution in [2.24, 2.45) is 0 Å². The summed E-state index contributed by atoms with van der Waals surface area (Å²) in [6.45, 7) is 8.02. The minimum atomic E-state index is -0.715. The fourth-order valence-corrected chi connectivity index (χ4v) is 4.35. The average molecular weight is 371 g/mol. The lowest BCUT2D eigenvalue weighted by molar-refractivity contribution is 0.0427. The van der Waals surface area contributed by atoms with Crippen LogP contribution in [0.5, 0.6) is 0 Å². The molecular formula is C16H23ClN4O2S. The molecule has 24 heavy (non-hydrogen) atoms. The summed E-state index contributed by atoms with van der Waals surface area (Å²) in [6, 6.07) is 2.07. The van der Waals surface area contributed by atoms with Gasteiger partial charge in [-0.15, -0.1) is 11.3 Å². The van der Waals surface area contributed by atoms with E-state index in [4.69, 9.17) is 16.3 Å². The number of morpholine rings is 1. The minimum Gasteiger partial charge on any atom is -0.389 e. The molecule has 0 saturated carbocycles. The van der Waals surface area contributed by atoms with Crippen molar-refractivity contribution in [3.8, 4) is 0 Å². The van der Waals surface area contributed by atoms with Crippen LogP contribution in [0.15, 0.2) is 6.07 Å². The fourth-order valence-electron chi connectivity index (χ4n) is 2.99. The van der Waals surface area contributed by atoms with Crippen molar-refractivity contribution in [2.75, 3.05) is 44.8 Å². The smallest absolute Gasteiger partial charge is 0.224 e. The number of ether oxygens (including phenoxy) is 1. The van der Waals surface area contributed by atoms with Crippen LogP contribution in [0.2, 0.25) is 5.28 Å². The second-order valence-electron chi connectivity index (χ2n) is 6.83. The Morgan fingerprint density at radius 2 is 2.08 bits per heavy atom. The molecular weight excluding hydrogens is 348 g/mol. The van der Waals surface area contributed by atoms with Gasteiger partial charge in [-0.3, -0.25) is 4.90 Å². The molecule has 0 bridgehead atoms. The normalized spacial score (nSPS) is 16.3. The maximum absolute atomic E-state index is 9.96. The predicted molar refractivity (Wildman–Crippen MR) is 98.1 cm³/mol. The molecule has 2 aromatic heterocycles. The molecule has 0 aromatic carbocycles. The van der Waals surface area contributed by atoms with E-state index in [0.29, 0.717) is 19.8 Å². The number of aliphatic hydroxyl groups is 1. The van der Waals surface area contributed by atoms with Crippen LogP contribution in [0.3, 0.4) is 0 Å². The molecule has 3 heterocycles. The van der Waals surface area contributed by atoms with Gasteiger partial charge in [0.15, 0.2) is 5.82 Å². The Morgan fingerprint density at radius 1 is 1.38 bits per heavy atom. The monoisotopic (exact) mass is 370 g/mol. The lowest BCUT2D eigenvalue weighted by Gasteiger charge is -2.28. The third-order valence-electron chi connectivity index (χ3n) is 3.77. The van der Waals surface area contributed by atoms with E-state index in [0.717, 1.165) is 35.7 Å². The van der Waals surface area contributed by atoms with Gasteiger partial charge in [0.05, 0.1) is 29.0 Å². The van der Waals surface area contributed by atoms with Gasteiger partial charge in [-0.05, 0) is 38.6 Å². The van der Waals surface area contributed by atoms with Crippen LogP contribution in [-0.2, 0) is 11.3 Å². The van der Waals surface area contributed by atoms with E-state index in [-0.39, 0.29) is 5.28 Å². The summed E-state index contributed by atoms with van der Waals surface area (Å²) in [7, 11) is 2.00. The number of fused-ring (bicyclic) bond motifs is 1. The van der Waals surface area contributed by atoms with Crippen molar-refractivity contribution in [2.45, 2.75) is 26.0 Å². The molecule has 0 radical (unpaired) electrons. The Balaban J connectivity index is 1.87. The van der Waals surface area contributed by atoms with Crippen molar-refractivity contribution in [3.63, 3.8) is 0 Å². The molecule has 0 spiro atoms. The molecule has 0 atom stereocenters. The Kier molecular flexibility index (Phi) is 5.27. The van der Waals surface area contributed by atoms with E-state index in [1.54, 1.807) is 11.3 Å². The van der Waals surface area contributed by atoms with Gasteiger partial charge < -0.3 is 14.7 Å². The number of hydrogen-bond donors (Lipinski definition) is 1. The number of thiophene rings is 1. The molecule has 0 aliphatic carbocycles. The van der Waals surface area contributed by atoms with Gasteiger partial charge in [0.25, 0.3) is 0 Å². The van der Waals surface area contributed by atoms with E-state index < -0.39 is 5.60 Å². The van der Waals surface area contributed by atoms with Gasteiger partial charge in [-0.1, -0.05) is 0 Å². The summed E-state index contributed by atoms with van der Waals surface area (Å²) < 4.78 is 6.49. The molecule has 1 aliphatic heterocycles. The zero-order valence-electron chi connectivity index (χ0n) is 14.3. The topological polar surface area (TPSA) is 61.7 Å². The first-order valence-corrected chi connectivity index (χ1v) is 9.21. The Bertz CT molecular complexity index is 710. The van der Waals surface area contributed by atoms with E-state index >= 15 is 0 Å². The largest absolute Gasteiger partial charge is 0.389 e. The van der Waals surface area contributed by atoms with Crippen LogP contribution in [0.1, 0.15) is 18.7 Å². The first-order chi connectivity index (χ1) is 11.3. The molecule has 132 valence electrons. The standard InChI is InChI=1S/C16H23ClN4O2S/c1-16(2,22)10-20(3)9-11-8-12-13(24-11)14(19-15(17)18-12)21-4-6-23-7-5-21/h8,22H,4-7,9-10H2,1-3H3. The molecule has 2 aromatic rings. The zero-order valence-corrected chi connectivity index (χ0v) is 15.8. The van der Waals surface area contributed by atoms with E-state index in [9.17, 15) is 5.11 Å². The van der Waals surface area contributed by atoms with Gasteiger partial charge in [0.1, 0.15) is 0 Å². The highest BCUT2D eigenvalue weighted by molar-refractivity contribution is 7.19. The van der Waals surface area contributed by atoms with Crippen LogP contribution in [-0.4, -0.2) is 65.5 Å². The molecule has 1 saturated heterocycles. The Morgan fingerprint density at radius 3 is 2.75 bits per heavy atom. The maximum atomic E-state index is 9.96. The van der Waals surface area contributed by atoms with Gasteiger partial charge in [0, 0.05) is 31.1 Å². The number of nitrogens with zero attached hydrogens (tertiary/aromatic N) is 4. The highest BCUT2D eigenvalue weighted by Crippen LogP contribution is 2.33. The third kappa shape index (κ3) is 4.34. The van der Waals surface area contributed by atoms with Gasteiger partial charge in [-0.25, -0.2) is 4.98 Å². The SMILES string of the molecule is CN(Cc1cc2nc(Cl)nc(N3CCOCC3)c2s1)CC(C)(C)O. The van der Waals surface area contributed by atoms with Crippen molar-refractivity contribution in [3.05, 3.63) is 16.2 Å². The van der Waals surface area contributed by atoms with Gasteiger partial charge in [0.2, 0.25) is 5.28 Å². The lowest BCUT2D eigenvalue weighted by atomic mass is 10.1. The number of likely N-dealkylation sites (N-methyl/N-ethyl adjacent to an activating group) is 1. The zero-order chi connectivity index (χ0) is 17.3. The summed E-state index contributed by atoms with van der Waals surface area (Å²) in [5.41, 5.74) is 0.168. The van der Waals surface area contributed by atoms with E-state index in [2.05, 4.69) is 25.8 Å². The van der Waals surface area contributed by atoms with Crippen LogP contribution in [0.4, 0.5) is 5.82 Å². The van der Waals surface area contributed by atoms with Crippen LogP contribution in [0.25, 0.3) is 10.2 Å². The number of anilines is 1. The fraction of sp³-hybridized carbons (Fsp3) is 0.625. The summed E-state index contributed by atoms with van der Waals surface area (Å²) in [4.78, 5) is 14.3. The molecule has 1 fully saturated rings. The summed E-state index contributed by atoms with van der Waals surface area (Å²) in [6.07, 6.45) is 0. The molecule has 1 aliphatic rings. The first-order valence-electron chi connectivity index (χ1n) is 8.01. The number of rotatable bonds is 5. The highest BCUT2D eigenvalue weighted by atomic mass is 35.5. The molecule has 8 heteroatoms. The molecule has 6 nitrogen and oxygen atoms in total. The predicted octanol–water partition coefficient (Wildman–Crippen LogP) is 2.38. The van der Waals surface area contributed by atoms with E-state index in [1.165, 1.54) is 4.88 Å². The summed E-state index contributed by atoms with van der Waals surface area (Å²) in [5.74, 6) is 0.898. The van der Waals surface area contributed by atoms with E-state index in [1.807, 2.05) is 20.9 Å². The number of aromatic nitrogens is 2. The molecule has 0 amide bonds. The van der Waals surface area contributed by atoms with Crippen LogP contribution >= 0.6 is 22.9 Å². The summed E-state index contributed by atoms with van der Waals surface area (Å²) >= 11 is 7.82. The maximum Gasteiger partial charge on any atom is 0.224 e. The number of halogens is 1. The molecule has 0 unspecified atom stereocenters. The van der Waals surface area contributed by atoms with Crippen LogP contribution < -0.4 is 4.90 Å². The first kappa shape index (κ1) is 17.8. The van der Waals surface area contributed by atoms with Gasteiger partial charge in [-0.2, -0.15) is 4.98 Å². The second kappa shape index (κ2) is 7.09. The second-order valence-corrected chi connectivity index (χ2v) is 8.30. The van der Waals surface area contributed by atoms with Gasteiger partial charge >= 0.3 is 0 Å².